The average Bonchev–Trinajstić information content (AvgIpc) is 2.87. The van der Waals surface area contributed by atoms with Crippen molar-refractivity contribution in [2.24, 2.45) is 7.05 Å². The lowest BCUT2D eigenvalue weighted by Crippen LogP contribution is -2.19. The minimum atomic E-state index is -2.99. The van der Waals surface area contributed by atoms with Gasteiger partial charge in [0, 0.05) is 30.1 Å². The molecule has 4 rings (SSSR count). The third-order valence-corrected chi connectivity index (χ3v) is 6.95. The van der Waals surface area contributed by atoms with Crippen molar-refractivity contribution in [2.45, 2.75) is 25.5 Å². The van der Waals surface area contributed by atoms with Crippen molar-refractivity contribution in [1.29, 1.82) is 0 Å². The van der Waals surface area contributed by atoms with Crippen LogP contribution in [-0.2, 0) is 35.5 Å². The lowest BCUT2D eigenvalue weighted by Gasteiger charge is -2.14. The molecule has 0 amide bonds. The predicted octanol–water partition coefficient (Wildman–Crippen LogP) is 3.56. The van der Waals surface area contributed by atoms with Crippen LogP contribution in [0.5, 0.6) is 5.75 Å². The second kappa shape index (κ2) is 6.16. The van der Waals surface area contributed by atoms with Gasteiger partial charge in [-0.3, -0.25) is 0 Å². The summed E-state index contributed by atoms with van der Waals surface area (Å²) in [5, 5.41) is 1.07. The van der Waals surface area contributed by atoms with E-state index in [1.165, 1.54) is 11.1 Å². The molecule has 2 aromatic carbocycles. The molecule has 0 saturated carbocycles. The van der Waals surface area contributed by atoms with Crippen molar-refractivity contribution in [3.05, 3.63) is 64.3 Å². The van der Waals surface area contributed by atoms with E-state index in [-0.39, 0.29) is 11.5 Å². The Kier molecular flexibility index (Phi) is 4.07. The van der Waals surface area contributed by atoms with Crippen molar-refractivity contribution < 1.29 is 13.2 Å². The van der Waals surface area contributed by atoms with E-state index in [0.717, 1.165) is 39.9 Å². The highest BCUT2D eigenvalue weighted by Gasteiger charge is 2.26. The van der Waals surface area contributed by atoms with Gasteiger partial charge in [-0.15, -0.1) is 0 Å². The summed E-state index contributed by atoms with van der Waals surface area (Å²) in [7, 11) is 0.731. The molecule has 4 nitrogen and oxygen atoms in total. The highest BCUT2D eigenvalue weighted by Crippen LogP contribution is 2.32. The fourth-order valence-electron chi connectivity index (χ4n) is 3.96. The number of hydrogen-bond donors (Lipinski definition) is 0. The monoisotopic (exact) mass is 369 g/mol. The molecule has 0 bridgehead atoms. The lowest BCUT2D eigenvalue weighted by molar-refractivity contribution is 0.411. The third-order valence-electron chi connectivity index (χ3n) is 5.40. The summed E-state index contributed by atoms with van der Waals surface area (Å²) in [6, 6.07) is 12.7. The first-order valence-corrected chi connectivity index (χ1v) is 10.6. The Balaban J connectivity index is 1.76. The van der Waals surface area contributed by atoms with Crippen LogP contribution in [0.1, 0.15) is 27.9 Å². The van der Waals surface area contributed by atoms with E-state index in [9.17, 15) is 8.42 Å². The first-order chi connectivity index (χ1) is 12.4. The third kappa shape index (κ3) is 2.90. The van der Waals surface area contributed by atoms with Crippen molar-refractivity contribution in [1.82, 2.24) is 4.57 Å². The van der Waals surface area contributed by atoms with Gasteiger partial charge in [-0.1, -0.05) is 18.2 Å². The zero-order valence-electron chi connectivity index (χ0n) is 15.4. The van der Waals surface area contributed by atoms with E-state index in [0.29, 0.717) is 6.42 Å². The molecule has 26 heavy (non-hydrogen) atoms. The number of methoxy groups -OCH3 is 1. The average molecular weight is 369 g/mol. The highest BCUT2D eigenvalue weighted by atomic mass is 32.2. The van der Waals surface area contributed by atoms with E-state index in [1.54, 1.807) is 7.11 Å². The summed E-state index contributed by atoms with van der Waals surface area (Å²) in [6.45, 7) is 2.03. The Morgan fingerprint density at radius 1 is 1.12 bits per heavy atom. The Bertz CT molecular complexity index is 1110. The Morgan fingerprint density at radius 2 is 1.85 bits per heavy atom. The van der Waals surface area contributed by atoms with Crippen LogP contribution >= 0.6 is 0 Å². The normalized spacial score (nSPS) is 15.8. The summed E-state index contributed by atoms with van der Waals surface area (Å²) < 4.78 is 31.8. The van der Waals surface area contributed by atoms with Crippen molar-refractivity contribution in [3.63, 3.8) is 0 Å². The van der Waals surface area contributed by atoms with Crippen molar-refractivity contribution in [2.75, 3.05) is 12.9 Å². The second-order valence-corrected chi connectivity index (χ2v) is 9.34. The Labute approximate surface area is 154 Å². The number of rotatable bonds is 3. The predicted molar refractivity (Wildman–Crippen MR) is 105 cm³/mol. The number of aryl methyl sites for hydroxylation is 2. The zero-order valence-corrected chi connectivity index (χ0v) is 16.2. The molecule has 0 atom stereocenters. The first-order valence-electron chi connectivity index (χ1n) is 8.81. The molecule has 5 heteroatoms. The second-order valence-electron chi connectivity index (χ2n) is 7.16. The van der Waals surface area contributed by atoms with E-state index in [2.05, 4.69) is 41.0 Å². The van der Waals surface area contributed by atoms with Crippen LogP contribution < -0.4 is 4.74 Å². The van der Waals surface area contributed by atoms with Gasteiger partial charge in [0.1, 0.15) is 5.75 Å². The van der Waals surface area contributed by atoms with Crippen LogP contribution in [-0.4, -0.2) is 25.8 Å². The fourth-order valence-corrected chi connectivity index (χ4v) is 5.38. The van der Waals surface area contributed by atoms with E-state index >= 15 is 0 Å². The van der Waals surface area contributed by atoms with Gasteiger partial charge < -0.3 is 9.30 Å². The zero-order chi connectivity index (χ0) is 18.5. The molecule has 136 valence electrons. The van der Waals surface area contributed by atoms with Crippen LogP contribution in [0.4, 0.5) is 0 Å². The summed E-state index contributed by atoms with van der Waals surface area (Å²) >= 11 is 0. The molecule has 1 aliphatic rings. The molecule has 0 unspecified atom stereocenters. The lowest BCUT2D eigenvalue weighted by atomic mass is 10.0. The maximum absolute atomic E-state index is 12.1. The van der Waals surface area contributed by atoms with Crippen LogP contribution in [0.15, 0.2) is 36.4 Å². The number of ether oxygens (including phenoxy) is 1. The standard InChI is InChI=1S/C21H23NO3S/c1-14-4-5-16(12-21(14)25-3)10-15-6-7-19-17(11-15)18-13-26(23,24)9-8-20(18)22(19)2/h4-7,11-12H,8-10,13H2,1-3H3. The maximum atomic E-state index is 12.1. The summed E-state index contributed by atoms with van der Waals surface area (Å²) in [5.41, 5.74) is 6.73. The van der Waals surface area contributed by atoms with E-state index in [4.69, 9.17) is 4.74 Å². The molecular formula is C21H23NO3S. The van der Waals surface area contributed by atoms with Gasteiger partial charge in [0.2, 0.25) is 0 Å². The van der Waals surface area contributed by atoms with Gasteiger partial charge in [-0.25, -0.2) is 8.42 Å². The summed E-state index contributed by atoms with van der Waals surface area (Å²) in [5.74, 6) is 1.30. The van der Waals surface area contributed by atoms with Crippen LogP contribution in [0.2, 0.25) is 0 Å². The largest absolute Gasteiger partial charge is 0.496 e. The molecule has 0 radical (unpaired) electrons. The molecular weight excluding hydrogens is 346 g/mol. The van der Waals surface area contributed by atoms with E-state index < -0.39 is 9.84 Å². The Hall–Kier alpha value is -2.27. The minimum Gasteiger partial charge on any atom is -0.496 e. The molecule has 1 aromatic heterocycles. The maximum Gasteiger partial charge on any atom is 0.154 e. The molecule has 0 saturated heterocycles. The molecule has 0 N–H and O–H groups in total. The number of fused-ring (bicyclic) bond motifs is 3. The SMILES string of the molecule is COc1cc(Cc2ccc3c(c2)c2c(n3C)CCS(=O)(=O)C2)ccc1C. The topological polar surface area (TPSA) is 48.3 Å². The molecule has 3 aromatic rings. The number of hydrogen-bond acceptors (Lipinski definition) is 3. The molecule has 0 spiro atoms. The van der Waals surface area contributed by atoms with Gasteiger partial charge in [0.25, 0.3) is 0 Å². The number of nitrogens with zero attached hydrogens (tertiary/aromatic N) is 1. The van der Waals surface area contributed by atoms with Crippen molar-refractivity contribution in [3.8, 4) is 5.75 Å². The van der Waals surface area contributed by atoms with Gasteiger partial charge in [0.15, 0.2) is 9.84 Å². The van der Waals surface area contributed by atoms with Gasteiger partial charge in [0.05, 0.1) is 18.6 Å². The van der Waals surface area contributed by atoms with Crippen LogP contribution in [0, 0.1) is 6.92 Å². The minimum absolute atomic E-state index is 0.154. The van der Waals surface area contributed by atoms with Crippen LogP contribution in [0.3, 0.4) is 0 Å². The van der Waals surface area contributed by atoms with E-state index in [1.807, 2.05) is 14.0 Å². The van der Waals surface area contributed by atoms with Gasteiger partial charge in [-0.05, 0) is 53.8 Å². The number of aromatic nitrogens is 1. The highest BCUT2D eigenvalue weighted by molar-refractivity contribution is 7.90. The van der Waals surface area contributed by atoms with Crippen molar-refractivity contribution >= 4 is 20.7 Å². The molecule has 0 fully saturated rings. The molecule has 2 heterocycles. The summed E-state index contributed by atoms with van der Waals surface area (Å²) in [6.07, 6.45) is 1.40. The number of benzene rings is 2. The van der Waals surface area contributed by atoms with Gasteiger partial charge >= 0.3 is 0 Å². The van der Waals surface area contributed by atoms with Crippen LogP contribution in [0.25, 0.3) is 10.9 Å². The number of sulfone groups is 1. The fraction of sp³-hybridized carbons (Fsp3) is 0.333. The smallest absolute Gasteiger partial charge is 0.154 e. The molecule has 1 aliphatic heterocycles. The summed E-state index contributed by atoms with van der Waals surface area (Å²) in [4.78, 5) is 0. The molecule has 0 aliphatic carbocycles. The quantitative estimate of drug-likeness (QED) is 0.709. The first kappa shape index (κ1) is 17.2. The van der Waals surface area contributed by atoms with Gasteiger partial charge in [-0.2, -0.15) is 0 Å². The Morgan fingerprint density at radius 3 is 2.62 bits per heavy atom.